The summed E-state index contributed by atoms with van der Waals surface area (Å²) < 4.78 is 0. The van der Waals surface area contributed by atoms with E-state index in [2.05, 4.69) is 9.98 Å². The van der Waals surface area contributed by atoms with Gasteiger partial charge in [0.05, 0.1) is 11.4 Å². The van der Waals surface area contributed by atoms with Crippen molar-refractivity contribution in [3.8, 4) is 0 Å². The molecule has 3 heteroatoms. The zero-order valence-corrected chi connectivity index (χ0v) is 6.64. The average molecular weight is 162 g/mol. The van der Waals surface area contributed by atoms with Crippen LogP contribution in [-0.4, -0.2) is 22.6 Å². The lowest BCUT2D eigenvalue weighted by Crippen LogP contribution is -2.27. The number of nitrogens with zero attached hydrogens (tertiary/aromatic N) is 2. The summed E-state index contributed by atoms with van der Waals surface area (Å²) >= 11 is 0. The third-order valence-corrected chi connectivity index (χ3v) is 1.98. The van der Waals surface area contributed by atoms with E-state index >= 15 is 0 Å². The van der Waals surface area contributed by atoms with Crippen LogP contribution in [0.15, 0.2) is 34.5 Å². The highest BCUT2D eigenvalue weighted by molar-refractivity contribution is 6.12. The Bertz CT molecular complexity index is 270. The molecule has 0 bridgehead atoms. The molecular formula is C9H10N2O. The molecule has 12 heavy (non-hydrogen) atoms. The number of allylic oxidation sites excluding steroid dienone is 2. The number of rotatable bonds is 2. The summed E-state index contributed by atoms with van der Waals surface area (Å²) in [5, 5.41) is 9.71. The molecule has 2 aliphatic heterocycles. The van der Waals surface area contributed by atoms with Crippen molar-refractivity contribution in [2.24, 2.45) is 9.98 Å². The summed E-state index contributed by atoms with van der Waals surface area (Å²) in [6.45, 7) is 0. The number of aliphatic imine (C=N–C) groups is 2. The van der Waals surface area contributed by atoms with Gasteiger partial charge in [0.15, 0.2) is 0 Å². The lowest BCUT2D eigenvalue weighted by Gasteiger charge is -2.09. The van der Waals surface area contributed by atoms with E-state index in [1.54, 1.807) is 12.4 Å². The number of hydrogen-bond acceptors (Lipinski definition) is 3. The first kappa shape index (κ1) is 7.43. The zero-order valence-electron chi connectivity index (χ0n) is 6.64. The van der Waals surface area contributed by atoms with Crippen LogP contribution in [0.5, 0.6) is 0 Å². The molecule has 0 atom stereocenters. The maximum Gasteiger partial charge on any atom is 0.131 e. The molecule has 0 aromatic heterocycles. The van der Waals surface area contributed by atoms with Crippen LogP contribution in [0, 0.1) is 0 Å². The van der Waals surface area contributed by atoms with Gasteiger partial charge >= 0.3 is 0 Å². The molecule has 3 nitrogen and oxygen atoms in total. The van der Waals surface area contributed by atoms with Crippen molar-refractivity contribution < 1.29 is 5.11 Å². The predicted molar refractivity (Wildman–Crippen MR) is 48.4 cm³/mol. The van der Waals surface area contributed by atoms with Crippen molar-refractivity contribution in [3.63, 3.8) is 0 Å². The largest absolute Gasteiger partial charge is 0.381 e. The SMILES string of the molecule is OC(C1=NC=CC1)C1=NC=CC1. The molecule has 2 heterocycles. The Hall–Kier alpha value is -1.22. The molecule has 0 spiro atoms. The summed E-state index contributed by atoms with van der Waals surface area (Å²) in [7, 11) is 0. The van der Waals surface area contributed by atoms with E-state index in [-0.39, 0.29) is 0 Å². The molecule has 0 aromatic carbocycles. The van der Waals surface area contributed by atoms with Crippen LogP contribution in [0.2, 0.25) is 0 Å². The standard InChI is InChI=1S/C9H10N2O/c12-9(7-3-1-5-10-7)8-4-2-6-11-8/h1-2,5-6,9,12H,3-4H2. The molecule has 0 radical (unpaired) electrons. The van der Waals surface area contributed by atoms with Crippen LogP contribution in [0.25, 0.3) is 0 Å². The second-order valence-corrected chi connectivity index (χ2v) is 2.82. The number of aliphatic hydroxyl groups is 1. The van der Waals surface area contributed by atoms with Crippen molar-refractivity contribution in [2.75, 3.05) is 0 Å². The molecule has 0 unspecified atom stereocenters. The van der Waals surface area contributed by atoms with Crippen LogP contribution in [0.1, 0.15) is 12.8 Å². The minimum atomic E-state index is -0.574. The normalized spacial score (nSPS) is 20.5. The van der Waals surface area contributed by atoms with Crippen LogP contribution < -0.4 is 0 Å². The minimum Gasteiger partial charge on any atom is -0.381 e. The van der Waals surface area contributed by atoms with Gasteiger partial charge in [-0.05, 0) is 0 Å². The highest BCUT2D eigenvalue weighted by atomic mass is 16.3. The molecule has 2 rings (SSSR count). The highest BCUT2D eigenvalue weighted by Crippen LogP contribution is 2.11. The van der Waals surface area contributed by atoms with Crippen molar-refractivity contribution in [1.29, 1.82) is 0 Å². The Morgan fingerprint density at radius 2 is 1.58 bits per heavy atom. The molecule has 0 saturated heterocycles. The summed E-state index contributed by atoms with van der Waals surface area (Å²) in [4.78, 5) is 8.12. The van der Waals surface area contributed by atoms with E-state index in [9.17, 15) is 5.11 Å². The predicted octanol–water partition coefficient (Wildman–Crippen LogP) is 1.06. The summed E-state index contributed by atoms with van der Waals surface area (Å²) in [6.07, 6.45) is 8.24. The lowest BCUT2D eigenvalue weighted by molar-refractivity contribution is 0.303. The van der Waals surface area contributed by atoms with Crippen LogP contribution in [-0.2, 0) is 0 Å². The molecule has 1 N–H and O–H groups in total. The minimum absolute atomic E-state index is 0.574. The Kier molecular flexibility index (Phi) is 1.87. The van der Waals surface area contributed by atoms with Gasteiger partial charge < -0.3 is 5.11 Å². The zero-order chi connectivity index (χ0) is 8.39. The Morgan fingerprint density at radius 3 is 1.92 bits per heavy atom. The average Bonchev–Trinajstić information content (AvgIpc) is 2.77. The van der Waals surface area contributed by atoms with E-state index in [1.165, 1.54) is 0 Å². The van der Waals surface area contributed by atoms with Gasteiger partial charge in [-0.2, -0.15) is 0 Å². The fraction of sp³-hybridized carbons (Fsp3) is 0.333. The smallest absolute Gasteiger partial charge is 0.131 e. The van der Waals surface area contributed by atoms with Gasteiger partial charge in [-0.1, -0.05) is 12.2 Å². The van der Waals surface area contributed by atoms with Gasteiger partial charge in [-0.3, -0.25) is 9.98 Å². The van der Waals surface area contributed by atoms with Crippen molar-refractivity contribution >= 4 is 11.4 Å². The van der Waals surface area contributed by atoms with Crippen molar-refractivity contribution in [2.45, 2.75) is 18.9 Å². The molecule has 0 aliphatic carbocycles. The molecule has 0 fully saturated rings. The second-order valence-electron chi connectivity index (χ2n) is 2.82. The summed E-state index contributed by atoms with van der Waals surface area (Å²) in [5.74, 6) is 0. The Labute approximate surface area is 70.9 Å². The fourth-order valence-electron chi connectivity index (χ4n) is 1.31. The Morgan fingerprint density at radius 1 is 1.08 bits per heavy atom. The molecule has 62 valence electrons. The monoisotopic (exact) mass is 162 g/mol. The molecule has 0 saturated carbocycles. The first-order valence-electron chi connectivity index (χ1n) is 3.99. The maximum atomic E-state index is 9.71. The van der Waals surface area contributed by atoms with Gasteiger partial charge in [-0.15, -0.1) is 0 Å². The topological polar surface area (TPSA) is 45.0 Å². The van der Waals surface area contributed by atoms with Gasteiger partial charge in [0.1, 0.15) is 6.10 Å². The van der Waals surface area contributed by atoms with Crippen LogP contribution in [0.3, 0.4) is 0 Å². The lowest BCUT2D eigenvalue weighted by atomic mass is 10.1. The third kappa shape index (κ3) is 1.23. The van der Waals surface area contributed by atoms with Crippen LogP contribution >= 0.6 is 0 Å². The summed E-state index contributed by atoms with van der Waals surface area (Å²) in [5.41, 5.74) is 1.61. The van der Waals surface area contributed by atoms with Crippen molar-refractivity contribution in [1.82, 2.24) is 0 Å². The number of hydrogen-bond donors (Lipinski definition) is 1. The van der Waals surface area contributed by atoms with Gasteiger partial charge in [-0.25, -0.2) is 0 Å². The quantitative estimate of drug-likeness (QED) is 0.648. The number of aliphatic hydroxyl groups excluding tert-OH is 1. The summed E-state index contributed by atoms with van der Waals surface area (Å²) in [6, 6.07) is 0. The fourth-order valence-corrected chi connectivity index (χ4v) is 1.31. The van der Waals surface area contributed by atoms with Crippen molar-refractivity contribution in [3.05, 3.63) is 24.6 Å². The van der Waals surface area contributed by atoms with E-state index in [4.69, 9.17) is 0 Å². The van der Waals surface area contributed by atoms with E-state index < -0.39 is 6.10 Å². The first-order valence-corrected chi connectivity index (χ1v) is 3.99. The molecule has 0 amide bonds. The molecule has 2 aliphatic rings. The first-order chi connectivity index (χ1) is 5.88. The highest BCUT2D eigenvalue weighted by Gasteiger charge is 2.19. The van der Waals surface area contributed by atoms with E-state index in [0.717, 1.165) is 24.3 Å². The van der Waals surface area contributed by atoms with E-state index in [1.807, 2.05) is 12.2 Å². The van der Waals surface area contributed by atoms with Gasteiger partial charge in [0.25, 0.3) is 0 Å². The van der Waals surface area contributed by atoms with Gasteiger partial charge in [0, 0.05) is 25.2 Å². The maximum absolute atomic E-state index is 9.71. The molecular weight excluding hydrogens is 152 g/mol. The molecule has 0 aromatic rings. The van der Waals surface area contributed by atoms with Gasteiger partial charge in [0.2, 0.25) is 0 Å². The van der Waals surface area contributed by atoms with E-state index in [0.29, 0.717) is 0 Å². The van der Waals surface area contributed by atoms with Crippen LogP contribution in [0.4, 0.5) is 0 Å². The third-order valence-electron chi connectivity index (χ3n) is 1.98. The Balaban J connectivity index is 2.05. The second kappa shape index (κ2) is 3.03.